The summed E-state index contributed by atoms with van der Waals surface area (Å²) in [4.78, 5) is 11.5. The van der Waals surface area contributed by atoms with E-state index in [1.165, 1.54) is 0 Å². The lowest BCUT2D eigenvalue weighted by Gasteiger charge is -2.12. The van der Waals surface area contributed by atoms with Crippen molar-refractivity contribution in [2.75, 3.05) is 13.7 Å². The molecule has 4 heteroatoms. The third-order valence-electron chi connectivity index (χ3n) is 3.83. The van der Waals surface area contributed by atoms with Crippen molar-refractivity contribution in [1.82, 2.24) is 0 Å². The highest BCUT2D eigenvalue weighted by Gasteiger charge is 2.07. The Labute approximate surface area is 143 Å². The molecule has 2 aromatic rings. The van der Waals surface area contributed by atoms with Crippen LogP contribution in [0.1, 0.15) is 30.0 Å². The molecule has 0 saturated carbocycles. The fourth-order valence-corrected chi connectivity index (χ4v) is 2.48. The Kier molecular flexibility index (Phi) is 6.24. The van der Waals surface area contributed by atoms with Crippen LogP contribution in [-0.4, -0.2) is 19.7 Å². The second-order valence-corrected chi connectivity index (χ2v) is 5.63. The molecule has 0 aliphatic carbocycles. The van der Waals surface area contributed by atoms with Crippen LogP contribution in [0.5, 0.6) is 17.2 Å². The maximum absolute atomic E-state index is 11.5. The van der Waals surface area contributed by atoms with Gasteiger partial charge in [0.05, 0.1) is 13.7 Å². The third kappa shape index (κ3) is 4.75. The van der Waals surface area contributed by atoms with Crippen molar-refractivity contribution < 1.29 is 19.0 Å². The Morgan fingerprint density at radius 2 is 1.71 bits per heavy atom. The second-order valence-electron chi connectivity index (χ2n) is 5.63. The summed E-state index contributed by atoms with van der Waals surface area (Å²) >= 11 is 0. The van der Waals surface area contributed by atoms with Crippen molar-refractivity contribution in [2.24, 2.45) is 0 Å². The van der Waals surface area contributed by atoms with E-state index in [0.29, 0.717) is 19.4 Å². The van der Waals surface area contributed by atoms with E-state index < -0.39 is 0 Å². The van der Waals surface area contributed by atoms with Gasteiger partial charge in [0.25, 0.3) is 0 Å². The van der Waals surface area contributed by atoms with Gasteiger partial charge in [-0.05, 0) is 62.1 Å². The zero-order chi connectivity index (χ0) is 17.5. The van der Waals surface area contributed by atoms with Crippen LogP contribution in [0.3, 0.4) is 0 Å². The summed E-state index contributed by atoms with van der Waals surface area (Å²) in [5, 5.41) is 0. The summed E-state index contributed by atoms with van der Waals surface area (Å²) in [5.41, 5.74) is 3.28. The van der Waals surface area contributed by atoms with Gasteiger partial charge in [0.15, 0.2) is 0 Å². The molecule has 2 aromatic carbocycles. The van der Waals surface area contributed by atoms with Crippen LogP contribution in [0.25, 0.3) is 0 Å². The molecule has 0 radical (unpaired) electrons. The predicted molar refractivity (Wildman–Crippen MR) is 93.9 cm³/mol. The normalized spacial score (nSPS) is 10.3. The molecule has 0 heterocycles. The van der Waals surface area contributed by atoms with Crippen LogP contribution < -0.4 is 9.47 Å². The van der Waals surface area contributed by atoms with Gasteiger partial charge in [0.1, 0.15) is 17.2 Å². The number of esters is 1. The fraction of sp³-hybridized carbons (Fsp3) is 0.350. The van der Waals surface area contributed by atoms with Crippen molar-refractivity contribution in [3.8, 4) is 17.2 Å². The minimum absolute atomic E-state index is 0.163. The number of hydrogen-bond acceptors (Lipinski definition) is 4. The topological polar surface area (TPSA) is 44.8 Å². The molecule has 0 aliphatic rings. The molecule has 0 aliphatic heterocycles. The van der Waals surface area contributed by atoms with Gasteiger partial charge in [-0.2, -0.15) is 0 Å². The van der Waals surface area contributed by atoms with Gasteiger partial charge in [-0.25, -0.2) is 0 Å². The highest BCUT2D eigenvalue weighted by molar-refractivity contribution is 5.69. The number of methoxy groups -OCH3 is 1. The zero-order valence-electron chi connectivity index (χ0n) is 14.7. The molecule has 128 valence electrons. The molecule has 0 unspecified atom stereocenters. The Morgan fingerprint density at radius 1 is 1.00 bits per heavy atom. The van der Waals surface area contributed by atoms with E-state index in [-0.39, 0.29) is 5.97 Å². The highest BCUT2D eigenvalue weighted by atomic mass is 16.5. The van der Waals surface area contributed by atoms with Crippen molar-refractivity contribution in [2.45, 2.75) is 33.6 Å². The SMILES string of the molecule is CCOC(=O)CCc1ccc(Oc2ccc(C)c(OC)c2)cc1C. The van der Waals surface area contributed by atoms with Gasteiger partial charge >= 0.3 is 5.97 Å². The number of carbonyl (C=O) groups excluding carboxylic acids is 1. The Bertz CT molecular complexity index is 707. The number of benzene rings is 2. The number of ether oxygens (including phenoxy) is 3. The lowest BCUT2D eigenvalue weighted by molar-refractivity contribution is -0.143. The van der Waals surface area contributed by atoms with E-state index in [1.807, 2.05) is 57.2 Å². The lowest BCUT2D eigenvalue weighted by atomic mass is 10.0. The van der Waals surface area contributed by atoms with Gasteiger partial charge in [-0.1, -0.05) is 12.1 Å². The number of hydrogen-bond donors (Lipinski definition) is 0. The molecular formula is C20H24O4. The van der Waals surface area contributed by atoms with E-state index in [4.69, 9.17) is 14.2 Å². The minimum atomic E-state index is -0.163. The summed E-state index contributed by atoms with van der Waals surface area (Å²) in [6, 6.07) is 11.7. The number of aryl methyl sites for hydroxylation is 3. The van der Waals surface area contributed by atoms with E-state index in [2.05, 4.69) is 0 Å². The van der Waals surface area contributed by atoms with Crippen LogP contribution in [0.15, 0.2) is 36.4 Å². The molecule has 4 nitrogen and oxygen atoms in total. The van der Waals surface area contributed by atoms with E-state index in [1.54, 1.807) is 7.11 Å². The molecule has 0 atom stereocenters. The predicted octanol–water partition coefficient (Wildman–Crippen LogP) is 4.60. The summed E-state index contributed by atoms with van der Waals surface area (Å²) < 4.78 is 16.2. The summed E-state index contributed by atoms with van der Waals surface area (Å²) in [7, 11) is 1.65. The van der Waals surface area contributed by atoms with Gasteiger partial charge < -0.3 is 14.2 Å². The fourth-order valence-electron chi connectivity index (χ4n) is 2.48. The molecule has 0 bridgehead atoms. The van der Waals surface area contributed by atoms with Gasteiger partial charge in [0.2, 0.25) is 0 Å². The number of carbonyl (C=O) groups is 1. The van der Waals surface area contributed by atoms with Crippen LogP contribution in [0, 0.1) is 13.8 Å². The Balaban J connectivity index is 2.05. The van der Waals surface area contributed by atoms with Crippen molar-refractivity contribution in [3.05, 3.63) is 53.1 Å². The van der Waals surface area contributed by atoms with Crippen LogP contribution in [-0.2, 0) is 16.0 Å². The lowest BCUT2D eigenvalue weighted by Crippen LogP contribution is -2.05. The summed E-state index contributed by atoms with van der Waals surface area (Å²) in [6.45, 7) is 6.24. The molecular weight excluding hydrogens is 304 g/mol. The average Bonchev–Trinajstić information content (AvgIpc) is 2.56. The molecule has 24 heavy (non-hydrogen) atoms. The summed E-state index contributed by atoms with van der Waals surface area (Å²) in [5.74, 6) is 2.13. The van der Waals surface area contributed by atoms with Crippen molar-refractivity contribution >= 4 is 5.97 Å². The molecule has 0 fully saturated rings. The Hall–Kier alpha value is -2.49. The van der Waals surface area contributed by atoms with E-state index in [9.17, 15) is 4.79 Å². The number of rotatable bonds is 7. The van der Waals surface area contributed by atoms with Crippen LogP contribution >= 0.6 is 0 Å². The quantitative estimate of drug-likeness (QED) is 0.697. The molecule has 0 N–H and O–H groups in total. The second kappa shape index (κ2) is 8.39. The zero-order valence-corrected chi connectivity index (χ0v) is 14.7. The minimum Gasteiger partial charge on any atom is -0.496 e. The highest BCUT2D eigenvalue weighted by Crippen LogP contribution is 2.29. The van der Waals surface area contributed by atoms with Gasteiger partial charge in [0, 0.05) is 12.5 Å². The van der Waals surface area contributed by atoms with E-state index >= 15 is 0 Å². The monoisotopic (exact) mass is 328 g/mol. The third-order valence-corrected chi connectivity index (χ3v) is 3.83. The van der Waals surface area contributed by atoms with E-state index in [0.717, 1.165) is 33.9 Å². The van der Waals surface area contributed by atoms with Gasteiger partial charge in [-0.15, -0.1) is 0 Å². The molecule has 0 aromatic heterocycles. The first-order chi connectivity index (χ1) is 11.5. The largest absolute Gasteiger partial charge is 0.496 e. The first kappa shape index (κ1) is 17.9. The average molecular weight is 328 g/mol. The van der Waals surface area contributed by atoms with Crippen molar-refractivity contribution in [1.29, 1.82) is 0 Å². The molecule has 0 spiro atoms. The Morgan fingerprint density at radius 3 is 2.38 bits per heavy atom. The van der Waals surface area contributed by atoms with Gasteiger partial charge in [-0.3, -0.25) is 4.79 Å². The standard InChI is InChI=1S/C20H24O4/c1-5-23-20(21)11-8-16-7-10-17(12-15(16)3)24-18-9-6-14(2)19(13-18)22-4/h6-7,9-10,12-13H,5,8,11H2,1-4H3. The van der Waals surface area contributed by atoms with Crippen LogP contribution in [0.2, 0.25) is 0 Å². The molecule has 0 saturated heterocycles. The first-order valence-corrected chi connectivity index (χ1v) is 8.11. The summed E-state index contributed by atoms with van der Waals surface area (Å²) in [6.07, 6.45) is 1.06. The molecule has 0 amide bonds. The first-order valence-electron chi connectivity index (χ1n) is 8.11. The smallest absolute Gasteiger partial charge is 0.306 e. The maximum atomic E-state index is 11.5. The van der Waals surface area contributed by atoms with Crippen molar-refractivity contribution in [3.63, 3.8) is 0 Å². The van der Waals surface area contributed by atoms with Crippen LogP contribution in [0.4, 0.5) is 0 Å². The molecule has 2 rings (SSSR count). The maximum Gasteiger partial charge on any atom is 0.306 e.